The zero-order chi connectivity index (χ0) is 21.7. The van der Waals surface area contributed by atoms with Crippen LogP contribution in [0, 0.1) is 0 Å². The number of aliphatic carboxylic acids is 1. The Morgan fingerprint density at radius 1 is 1.00 bits per heavy atom. The van der Waals surface area contributed by atoms with Crippen LogP contribution in [-0.2, 0) is 11.2 Å². The summed E-state index contributed by atoms with van der Waals surface area (Å²) in [6, 6.07) is 11.9. The molecule has 0 saturated carbocycles. The highest BCUT2D eigenvalue weighted by Gasteiger charge is 2.31. The van der Waals surface area contributed by atoms with Gasteiger partial charge in [-0.3, -0.25) is 4.79 Å². The number of hydrogen-bond donors (Lipinski definition) is 2. The SMILES string of the molecule is CCN(C(=O)c1cc(C(C)C)cc(C(C)C)c1O)C(Cc1ccccc1)C(=O)O. The van der Waals surface area contributed by atoms with E-state index in [1.54, 1.807) is 13.0 Å². The van der Waals surface area contributed by atoms with Crippen LogP contribution in [-0.4, -0.2) is 39.6 Å². The molecular formula is C24H31NO4. The molecule has 1 atom stereocenters. The quantitative estimate of drug-likeness (QED) is 0.671. The fourth-order valence-electron chi connectivity index (χ4n) is 3.44. The van der Waals surface area contributed by atoms with Gasteiger partial charge in [0.15, 0.2) is 0 Å². The van der Waals surface area contributed by atoms with Crippen molar-refractivity contribution < 1.29 is 19.8 Å². The summed E-state index contributed by atoms with van der Waals surface area (Å²) in [5, 5.41) is 20.6. The van der Waals surface area contributed by atoms with Crippen LogP contribution in [0.3, 0.4) is 0 Å². The molecule has 0 heterocycles. The lowest BCUT2D eigenvalue weighted by molar-refractivity contribution is -0.142. The molecule has 2 rings (SSSR count). The third kappa shape index (κ3) is 5.17. The number of benzene rings is 2. The van der Waals surface area contributed by atoms with E-state index in [1.807, 2.05) is 64.1 Å². The van der Waals surface area contributed by atoms with Gasteiger partial charge in [0.1, 0.15) is 11.8 Å². The molecule has 5 heteroatoms. The topological polar surface area (TPSA) is 77.8 Å². The minimum Gasteiger partial charge on any atom is -0.507 e. The van der Waals surface area contributed by atoms with Gasteiger partial charge in [-0.1, -0.05) is 64.1 Å². The lowest BCUT2D eigenvalue weighted by Crippen LogP contribution is -2.46. The molecular weight excluding hydrogens is 366 g/mol. The molecule has 0 radical (unpaired) electrons. The highest BCUT2D eigenvalue weighted by Crippen LogP contribution is 2.34. The van der Waals surface area contributed by atoms with Crippen molar-refractivity contribution in [3.8, 4) is 5.75 Å². The Kier molecular flexibility index (Phi) is 7.43. The van der Waals surface area contributed by atoms with Gasteiger partial charge in [0.05, 0.1) is 5.56 Å². The molecule has 29 heavy (non-hydrogen) atoms. The first-order chi connectivity index (χ1) is 13.7. The minimum atomic E-state index is -1.06. The first-order valence-corrected chi connectivity index (χ1v) is 10.1. The van der Waals surface area contributed by atoms with E-state index in [0.29, 0.717) is 5.56 Å². The van der Waals surface area contributed by atoms with Gasteiger partial charge in [-0.05, 0) is 41.5 Å². The number of likely N-dealkylation sites (N-methyl/N-ethyl adjacent to an activating group) is 1. The van der Waals surface area contributed by atoms with Gasteiger partial charge in [-0.2, -0.15) is 0 Å². The van der Waals surface area contributed by atoms with Crippen molar-refractivity contribution in [3.63, 3.8) is 0 Å². The average molecular weight is 398 g/mol. The van der Waals surface area contributed by atoms with Gasteiger partial charge >= 0.3 is 5.97 Å². The zero-order valence-electron chi connectivity index (χ0n) is 17.8. The van der Waals surface area contributed by atoms with Gasteiger partial charge in [-0.25, -0.2) is 4.79 Å². The number of nitrogens with zero attached hydrogens (tertiary/aromatic N) is 1. The number of phenols is 1. The van der Waals surface area contributed by atoms with E-state index in [0.717, 1.165) is 11.1 Å². The van der Waals surface area contributed by atoms with E-state index in [-0.39, 0.29) is 36.1 Å². The second-order valence-electron chi connectivity index (χ2n) is 7.95. The van der Waals surface area contributed by atoms with Gasteiger partial charge in [0.25, 0.3) is 5.91 Å². The van der Waals surface area contributed by atoms with E-state index in [9.17, 15) is 19.8 Å². The Morgan fingerprint density at radius 2 is 1.62 bits per heavy atom. The van der Waals surface area contributed by atoms with Crippen molar-refractivity contribution in [1.82, 2.24) is 4.90 Å². The maximum absolute atomic E-state index is 13.4. The number of phenolic OH excluding ortho intramolecular Hbond substituents is 1. The number of carboxylic acids is 1. The normalized spacial score (nSPS) is 12.2. The summed E-state index contributed by atoms with van der Waals surface area (Å²) in [5.41, 5.74) is 2.65. The summed E-state index contributed by atoms with van der Waals surface area (Å²) >= 11 is 0. The van der Waals surface area contributed by atoms with Crippen LogP contribution in [0.2, 0.25) is 0 Å². The second kappa shape index (κ2) is 9.59. The smallest absolute Gasteiger partial charge is 0.326 e. The van der Waals surface area contributed by atoms with E-state index in [1.165, 1.54) is 4.90 Å². The number of carboxylic acid groups (broad SMARTS) is 1. The minimum absolute atomic E-state index is 0.0370. The summed E-state index contributed by atoms with van der Waals surface area (Å²) in [6.45, 7) is 9.95. The third-order valence-corrected chi connectivity index (χ3v) is 5.22. The molecule has 2 N–H and O–H groups in total. The van der Waals surface area contributed by atoms with Crippen molar-refractivity contribution in [3.05, 3.63) is 64.7 Å². The van der Waals surface area contributed by atoms with Crippen LogP contribution in [0.5, 0.6) is 5.75 Å². The van der Waals surface area contributed by atoms with E-state index in [2.05, 4.69) is 0 Å². The number of carbonyl (C=O) groups is 2. The number of aromatic hydroxyl groups is 1. The molecule has 0 spiro atoms. The van der Waals surface area contributed by atoms with Crippen LogP contribution in [0.25, 0.3) is 0 Å². The molecule has 2 aromatic rings. The van der Waals surface area contributed by atoms with Crippen LogP contribution in [0.15, 0.2) is 42.5 Å². The van der Waals surface area contributed by atoms with Gasteiger partial charge in [0, 0.05) is 13.0 Å². The van der Waals surface area contributed by atoms with Crippen molar-refractivity contribution in [1.29, 1.82) is 0 Å². The molecule has 0 aliphatic rings. The monoisotopic (exact) mass is 397 g/mol. The molecule has 0 aromatic heterocycles. The summed E-state index contributed by atoms with van der Waals surface area (Å²) in [4.78, 5) is 26.7. The Balaban J connectivity index is 2.49. The molecule has 0 bridgehead atoms. The standard InChI is InChI=1S/C24H31NO4/c1-6-25(21(24(28)29)12-17-10-8-7-9-11-17)23(27)20-14-18(15(2)3)13-19(16(4)5)22(20)26/h7-11,13-16,21,26H,6,12H2,1-5H3,(H,28,29). The number of hydrogen-bond acceptors (Lipinski definition) is 3. The van der Waals surface area contributed by atoms with Gasteiger partial charge in [0.2, 0.25) is 0 Å². The summed E-state index contributed by atoms with van der Waals surface area (Å²) < 4.78 is 0. The van der Waals surface area contributed by atoms with E-state index < -0.39 is 17.9 Å². The number of amides is 1. The van der Waals surface area contributed by atoms with E-state index in [4.69, 9.17) is 0 Å². The zero-order valence-corrected chi connectivity index (χ0v) is 17.8. The van der Waals surface area contributed by atoms with Crippen LogP contribution in [0.1, 0.15) is 73.5 Å². The Bertz CT molecular complexity index is 859. The average Bonchev–Trinajstić information content (AvgIpc) is 2.68. The summed E-state index contributed by atoms with van der Waals surface area (Å²) in [6.07, 6.45) is 0.206. The lowest BCUT2D eigenvalue weighted by Gasteiger charge is -2.29. The molecule has 2 aromatic carbocycles. The predicted molar refractivity (Wildman–Crippen MR) is 115 cm³/mol. The van der Waals surface area contributed by atoms with Crippen LogP contribution < -0.4 is 0 Å². The molecule has 5 nitrogen and oxygen atoms in total. The van der Waals surface area contributed by atoms with Crippen LogP contribution >= 0.6 is 0 Å². The molecule has 0 saturated heterocycles. The Hall–Kier alpha value is -2.82. The van der Waals surface area contributed by atoms with Crippen molar-refractivity contribution in [2.24, 2.45) is 0 Å². The predicted octanol–water partition coefficient (Wildman–Crippen LogP) is 4.80. The second-order valence-corrected chi connectivity index (χ2v) is 7.95. The van der Waals surface area contributed by atoms with Crippen molar-refractivity contribution in [2.75, 3.05) is 6.54 Å². The molecule has 1 amide bonds. The third-order valence-electron chi connectivity index (χ3n) is 5.22. The number of carbonyl (C=O) groups excluding carboxylic acids is 1. The van der Waals surface area contributed by atoms with Gasteiger partial charge in [-0.15, -0.1) is 0 Å². The number of rotatable bonds is 8. The Morgan fingerprint density at radius 3 is 2.10 bits per heavy atom. The fraction of sp³-hybridized carbons (Fsp3) is 0.417. The molecule has 0 aliphatic heterocycles. The highest BCUT2D eigenvalue weighted by molar-refractivity contribution is 5.99. The fourth-order valence-corrected chi connectivity index (χ4v) is 3.44. The molecule has 156 valence electrons. The summed E-state index contributed by atoms with van der Waals surface area (Å²) in [5.74, 6) is -1.37. The maximum atomic E-state index is 13.4. The van der Waals surface area contributed by atoms with Crippen LogP contribution in [0.4, 0.5) is 0 Å². The first kappa shape index (κ1) is 22.5. The largest absolute Gasteiger partial charge is 0.507 e. The Labute approximate surface area is 173 Å². The highest BCUT2D eigenvalue weighted by atomic mass is 16.4. The molecule has 0 aliphatic carbocycles. The first-order valence-electron chi connectivity index (χ1n) is 10.1. The lowest BCUT2D eigenvalue weighted by atomic mass is 9.91. The van der Waals surface area contributed by atoms with Crippen molar-refractivity contribution in [2.45, 2.75) is 58.9 Å². The maximum Gasteiger partial charge on any atom is 0.326 e. The van der Waals surface area contributed by atoms with Crippen molar-refractivity contribution >= 4 is 11.9 Å². The van der Waals surface area contributed by atoms with E-state index >= 15 is 0 Å². The molecule has 0 fully saturated rings. The molecule has 1 unspecified atom stereocenters. The van der Waals surface area contributed by atoms with Gasteiger partial charge < -0.3 is 15.1 Å². The summed E-state index contributed by atoms with van der Waals surface area (Å²) in [7, 11) is 0.